The number of allylic oxidation sites excluding steroid dienone is 1. The van der Waals surface area contributed by atoms with Crippen molar-refractivity contribution in [2.24, 2.45) is 0 Å². The largest absolute Gasteiger partial charge is 0.507 e. The fraction of sp³-hybridized carbons (Fsp3) is 0.360. The van der Waals surface area contributed by atoms with Gasteiger partial charge in [-0.2, -0.15) is 5.26 Å². The highest BCUT2D eigenvalue weighted by Gasteiger charge is 2.27. The lowest BCUT2D eigenvalue weighted by atomic mass is 9.78. The van der Waals surface area contributed by atoms with Crippen molar-refractivity contribution >= 4 is 21.9 Å². The van der Waals surface area contributed by atoms with E-state index in [1.54, 1.807) is 12.1 Å². The predicted octanol–water partition coefficient (Wildman–Crippen LogP) is 5.41. The van der Waals surface area contributed by atoms with E-state index in [-0.39, 0.29) is 27.5 Å². The number of nitrogens with zero attached hydrogens (tertiary/aromatic N) is 1. The Bertz CT molecular complexity index is 1170. The number of aromatic carboxylic acids is 1. The molecular formula is C25H29NO5S. The molecule has 0 atom stereocenters. The minimum Gasteiger partial charge on any atom is -0.507 e. The summed E-state index contributed by atoms with van der Waals surface area (Å²) >= 11 is 0. The van der Waals surface area contributed by atoms with E-state index < -0.39 is 26.6 Å². The summed E-state index contributed by atoms with van der Waals surface area (Å²) in [5, 5.41) is 29.2. The van der Waals surface area contributed by atoms with Gasteiger partial charge < -0.3 is 10.2 Å². The molecule has 32 heavy (non-hydrogen) atoms. The van der Waals surface area contributed by atoms with E-state index in [4.69, 9.17) is 5.11 Å². The molecule has 0 radical (unpaired) electrons. The average molecular weight is 456 g/mol. The summed E-state index contributed by atoms with van der Waals surface area (Å²) in [5.74, 6) is -0.980. The van der Waals surface area contributed by atoms with Crippen LogP contribution in [-0.4, -0.2) is 24.6 Å². The molecular weight excluding hydrogens is 426 g/mol. The van der Waals surface area contributed by atoms with Crippen molar-refractivity contribution < 1.29 is 23.4 Å². The Morgan fingerprint density at radius 1 is 1.00 bits per heavy atom. The molecule has 0 saturated heterocycles. The van der Waals surface area contributed by atoms with Crippen LogP contribution in [0.2, 0.25) is 0 Å². The summed E-state index contributed by atoms with van der Waals surface area (Å²) in [5.41, 5.74) is 1.10. The lowest BCUT2D eigenvalue weighted by Crippen LogP contribution is -2.17. The van der Waals surface area contributed by atoms with Gasteiger partial charge in [0.15, 0.2) is 0 Å². The summed E-state index contributed by atoms with van der Waals surface area (Å²) in [6.07, 6.45) is 1.10. The zero-order valence-corrected chi connectivity index (χ0v) is 20.0. The van der Waals surface area contributed by atoms with Gasteiger partial charge in [-0.25, -0.2) is 13.2 Å². The molecule has 2 N–H and O–H groups in total. The number of carboxylic acid groups (broad SMARTS) is 1. The Morgan fingerprint density at radius 3 is 1.84 bits per heavy atom. The maximum absolute atomic E-state index is 13.2. The Kier molecular flexibility index (Phi) is 6.91. The van der Waals surface area contributed by atoms with Crippen molar-refractivity contribution in [2.45, 2.75) is 63.7 Å². The predicted molar refractivity (Wildman–Crippen MR) is 124 cm³/mol. The molecule has 0 bridgehead atoms. The number of benzene rings is 2. The average Bonchev–Trinajstić information content (AvgIpc) is 2.67. The normalized spacial score (nSPS) is 13.0. The zero-order chi connectivity index (χ0) is 24.5. The lowest BCUT2D eigenvalue weighted by molar-refractivity contribution is 0.0696. The fourth-order valence-corrected chi connectivity index (χ4v) is 4.64. The number of hydrogen-bond donors (Lipinski definition) is 2. The standard InChI is InChI=1S/C25H29NO5S/c1-24(2,3)20-14-16(15-21(22(20)27)25(4,5)6)13-19(11-12-26)32(30,31)18-9-7-17(8-10-18)23(28)29/h7-10,13-15,27H,11H2,1-6H3,(H,28,29)/b19-13+. The van der Waals surface area contributed by atoms with E-state index in [9.17, 15) is 23.6 Å². The first-order valence-corrected chi connectivity index (χ1v) is 11.6. The second kappa shape index (κ2) is 8.79. The van der Waals surface area contributed by atoms with Crippen molar-refractivity contribution in [1.29, 1.82) is 5.26 Å². The van der Waals surface area contributed by atoms with E-state index in [1.165, 1.54) is 30.3 Å². The number of rotatable bonds is 5. The quantitative estimate of drug-likeness (QED) is 0.622. The molecule has 0 saturated carbocycles. The van der Waals surface area contributed by atoms with E-state index in [0.29, 0.717) is 16.7 Å². The SMILES string of the molecule is CC(C)(C)c1cc(/C=C(\CC#N)S(=O)(=O)c2ccc(C(=O)O)cc2)cc(C(C)(C)C)c1O. The maximum Gasteiger partial charge on any atom is 0.335 e. The van der Waals surface area contributed by atoms with Crippen LogP contribution in [0.4, 0.5) is 0 Å². The monoisotopic (exact) mass is 455 g/mol. The fourth-order valence-electron chi connectivity index (χ4n) is 3.30. The summed E-state index contributed by atoms with van der Waals surface area (Å²) in [7, 11) is -4.03. The van der Waals surface area contributed by atoms with Crippen LogP contribution in [0.1, 0.15) is 75.0 Å². The van der Waals surface area contributed by atoms with E-state index in [1.807, 2.05) is 47.6 Å². The Balaban J connectivity index is 2.73. The molecule has 2 aromatic rings. The molecule has 2 aromatic carbocycles. The molecule has 7 heteroatoms. The van der Waals surface area contributed by atoms with Gasteiger partial charge in [0.05, 0.1) is 27.9 Å². The van der Waals surface area contributed by atoms with Gasteiger partial charge in [-0.15, -0.1) is 0 Å². The molecule has 0 aliphatic heterocycles. The molecule has 2 rings (SSSR count). The molecule has 0 heterocycles. The number of carbonyl (C=O) groups is 1. The van der Waals surface area contributed by atoms with Crippen LogP contribution < -0.4 is 0 Å². The first-order chi connectivity index (χ1) is 14.6. The van der Waals surface area contributed by atoms with Crippen molar-refractivity contribution in [3.63, 3.8) is 0 Å². The van der Waals surface area contributed by atoms with Gasteiger partial charge in [0, 0.05) is 11.1 Å². The van der Waals surface area contributed by atoms with Crippen molar-refractivity contribution in [3.05, 3.63) is 63.6 Å². The summed E-state index contributed by atoms with van der Waals surface area (Å²) in [6, 6.07) is 10.3. The van der Waals surface area contributed by atoms with Crippen LogP contribution in [0.15, 0.2) is 46.2 Å². The van der Waals surface area contributed by atoms with Crippen LogP contribution in [0.3, 0.4) is 0 Å². The highest BCUT2D eigenvalue weighted by atomic mass is 32.2. The van der Waals surface area contributed by atoms with Gasteiger partial charge in [-0.1, -0.05) is 41.5 Å². The number of aromatic hydroxyl groups is 1. The van der Waals surface area contributed by atoms with Crippen molar-refractivity contribution in [2.75, 3.05) is 0 Å². The Morgan fingerprint density at radius 2 is 1.47 bits per heavy atom. The van der Waals surface area contributed by atoms with Crippen LogP contribution in [-0.2, 0) is 20.7 Å². The molecule has 0 fully saturated rings. The van der Waals surface area contributed by atoms with Crippen LogP contribution >= 0.6 is 0 Å². The molecule has 0 unspecified atom stereocenters. The first kappa shape index (κ1) is 25.2. The number of nitriles is 1. The second-order valence-electron chi connectivity index (χ2n) is 9.74. The molecule has 0 aliphatic carbocycles. The minimum absolute atomic E-state index is 0.0297. The smallest absolute Gasteiger partial charge is 0.335 e. The number of phenols is 1. The number of sulfone groups is 1. The molecule has 0 amide bonds. The number of phenolic OH excluding ortho intramolecular Hbond substituents is 1. The van der Waals surface area contributed by atoms with E-state index >= 15 is 0 Å². The van der Waals surface area contributed by atoms with Crippen LogP contribution in [0, 0.1) is 11.3 Å². The van der Waals surface area contributed by atoms with Gasteiger partial charge in [0.2, 0.25) is 9.84 Å². The molecule has 0 aromatic heterocycles. The summed E-state index contributed by atoms with van der Waals surface area (Å²) in [4.78, 5) is 10.9. The molecule has 0 aliphatic rings. The van der Waals surface area contributed by atoms with Gasteiger partial charge in [-0.3, -0.25) is 0 Å². The van der Waals surface area contributed by atoms with E-state index in [2.05, 4.69) is 0 Å². The number of carboxylic acids is 1. The highest BCUT2D eigenvalue weighted by molar-refractivity contribution is 7.95. The molecule has 170 valence electrons. The van der Waals surface area contributed by atoms with Crippen molar-refractivity contribution in [3.8, 4) is 11.8 Å². The third-order valence-corrected chi connectivity index (χ3v) is 6.93. The van der Waals surface area contributed by atoms with Gasteiger partial charge in [0.1, 0.15) is 5.75 Å². The maximum atomic E-state index is 13.2. The minimum atomic E-state index is -4.03. The number of hydrogen-bond acceptors (Lipinski definition) is 5. The second-order valence-corrected chi connectivity index (χ2v) is 11.7. The van der Waals surface area contributed by atoms with Gasteiger partial charge >= 0.3 is 5.97 Å². The molecule has 0 spiro atoms. The van der Waals surface area contributed by atoms with Crippen LogP contribution in [0.5, 0.6) is 5.75 Å². The van der Waals surface area contributed by atoms with Gasteiger partial charge in [0.25, 0.3) is 0 Å². The van der Waals surface area contributed by atoms with Crippen molar-refractivity contribution in [1.82, 2.24) is 0 Å². The van der Waals surface area contributed by atoms with E-state index in [0.717, 1.165) is 0 Å². The third-order valence-electron chi connectivity index (χ3n) is 5.09. The highest BCUT2D eigenvalue weighted by Crippen LogP contribution is 2.40. The first-order valence-electron chi connectivity index (χ1n) is 10.1. The third kappa shape index (κ3) is 5.38. The topological polar surface area (TPSA) is 115 Å². The zero-order valence-electron chi connectivity index (χ0n) is 19.2. The summed E-state index contributed by atoms with van der Waals surface area (Å²) < 4.78 is 26.4. The summed E-state index contributed by atoms with van der Waals surface area (Å²) in [6.45, 7) is 11.7. The Hall–Kier alpha value is -3.11. The van der Waals surface area contributed by atoms with Gasteiger partial charge in [-0.05, 0) is 58.9 Å². The lowest BCUT2D eigenvalue weighted by Gasteiger charge is -2.28. The Labute approximate surface area is 189 Å². The molecule has 6 nitrogen and oxygen atoms in total. The van der Waals surface area contributed by atoms with Crippen LogP contribution in [0.25, 0.3) is 6.08 Å².